The van der Waals surface area contributed by atoms with E-state index < -0.39 is 0 Å². The molecule has 0 unspecified atom stereocenters. The first-order valence-corrected chi connectivity index (χ1v) is 5.65. The molecule has 2 atom stereocenters. The van der Waals surface area contributed by atoms with Crippen LogP contribution in [0.2, 0.25) is 5.02 Å². The Bertz CT molecular complexity index is 353. The Morgan fingerprint density at radius 3 is 2.80 bits per heavy atom. The van der Waals surface area contributed by atoms with Crippen molar-refractivity contribution in [2.75, 3.05) is 13.7 Å². The van der Waals surface area contributed by atoms with Crippen LogP contribution in [-0.4, -0.2) is 13.7 Å². The molecule has 0 spiro atoms. The third kappa shape index (κ3) is 2.27. The van der Waals surface area contributed by atoms with Crippen LogP contribution >= 0.6 is 11.6 Å². The molecule has 2 nitrogen and oxygen atoms in total. The van der Waals surface area contributed by atoms with Gasteiger partial charge in [-0.15, -0.1) is 0 Å². The molecule has 3 heteroatoms. The van der Waals surface area contributed by atoms with Gasteiger partial charge in [0.25, 0.3) is 0 Å². The molecule has 1 aromatic carbocycles. The maximum atomic E-state index is 6.22. The first kappa shape index (κ1) is 10.8. The molecule has 1 heterocycles. The first-order valence-electron chi connectivity index (χ1n) is 5.27. The average Bonchev–Trinajstić information content (AvgIpc) is 2.64. The fourth-order valence-electron chi connectivity index (χ4n) is 2.07. The molecule has 2 rings (SSSR count). The van der Waals surface area contributed by atoms with E-state index in [0.717, 1.165) is 29.7 Å². The van der Waals surface area contributed by atoms with E-state index in [4.69, 9.17) is 16.3 Å². The van der Waals surface area contributed by atoms with Crippen LogP contribution in [0.25, 0.3) is 0 Å². The average molecular weight is 226 g/mol. The van der Waals surface area contributed by atoms with Crippen molar-refractivity contribution in [1.29, 1.82) is 0 Å². The van der Waals surface area contributed by atoms with Crippen LogP contribution in [0, 0.1) is 5.92 Å². The summed E-state index contributed by atoms with van der Waals surface area (Å²) >= 11 is 6.22. The van der Waals surface area contributed by atoms with Crippen molar-refractivity contribution in [2.45, 2.75) is 19.4 Å². The second kappa shape index (κ2) is 4.42. The number of benzene rings is 1. The summed E-state index contributed by atoms with van der Waals surface area (Å²) in [4.78, 5) is 0. The van der Waals surface area contributed by atoms with Gasteiger partial charge in [0.15, 0.2) is 0 Å². The zero-order valence-corrected chi connectivity index (χ0v) is 9.84. The van der Waals surface area contributed by atoms with Gasteiger partial charge in [-0.2, -0.15) is 0 Å². The molecule has 1 aliphatic heterocycles. The molecule has 82 valence electrons. The summed E-state index contributed by atoms with van der Waals surface area (Å²) in [6.45, 7) is 3.33. The topological polar surface area (TPSA) is 21.3 Å². The molecular formula is C12H16ClNO. The smallest absolute Gasteiger partial charge is 0.120 e. The van der Waals surface area contributed by atoms with E-state index in [0.29, 0.717) is 6.04 Å². The van der Waals surface area contributed by atoms with E-state index in [1.165, 1.54) is 5.56 Å². The van der Waals surface area contributed by atoms with Gasteiger partial charge in [0.05, 0.1) is 7.11 Å². The molecule has 0 saturated carbocycles. The van der Waals surface area contributed by atoms with Crippen molar-refractivity contribution >= 4 is 11.6 Å². The second-order valence-electron chi connectivity index (χ2n) is 4.19. The summed E-state index contributed by atoms with van der Waals surface area (Å²) in [6.07, 6.45) is 1.16. The summed E-state index contributed by atoms with van der Waals surface area (Å²) in [5, 5.41) is 4.27. The molecule has 1 fully saturated rings. The van der Waals surface area contributed by atoms with Gasteiger partial charge < -0.3 is 10.1 Å². The molecule has 1 saturated heterocycles. The molecule has 15 heavy (non-hydrogen) atoms. The first-order chi connectivity index (χ1) is 7.20. The minimum Gasteiger partial charge on any atom is -0.497 e. The minimum absolute atomic E-state index is 0.401. The normalized spacial score (nSPS) is 25.5. The van der Waals surface area contributed by atoms with Crippen molar-refractivity contribution in [3.8, 4) is 5.75 Å². The minimum atomic E-state index is 0.401. The lowest BCUT2D eigenvalue weighted by Crippen LogP contribution is -2.13. The lowest BCUT2D eigenvalue weighted by Gasteiger charge is -2.13. The van der Waals surface area contributed by atoms with Gasteiger partial charge in [-0.1, -0.05) is 24.6 Å². The highest BCUT2D eigenvalue weighted by atomic mass is 35.5. The maximum absolute atomic E-state index is 6.22. The lowest BCUT2D eigenvalue weighted by atomic mass is 10.0. The molecule has 0 bridgehead atoms. The Labute approximate surface area is 95.6 Å². The van der Waals surface area contributed by atoms with E-state index >= 15 is 0 Å². The van der Waals surface area contributed by atoms with Crippen LogP contribution in [0.4, 0.5) is 0 Å². The number of ether oxygens (including phenoxy) is 1. The van der Waals surface area contributed by atoms with Gasteiger partial charge in [0.1, 0.15) is 5.75 Å². The fourth-order valence-corrected chi connectivity index (χ4v) is 2.37. The molecule has 0 amide bonds. The highest BCUT2D eigenvalue weighted by Crippen LogP contribution is 2.33. The Morgan fingerprint density at radius 1 is 1.47 bits per heavy atom. The monoisotopic (exact) mass is 225 g/mol. The highest BCUT2D eigenvalue weighted by Gasteiger charge is 2.23. The maximum Gasteiger partial charge on any atom is 0.120 e. The number of nitrogens with one attached hydrogen (secondary N) is 1. The van der Waals surface area contributed by atoms with Crippen molar-refractivity contribution < 1.29 is 4.74 Å². The molecular weight excluding hydrogens is 210 g/mol. The third-order valence-electron chi connectivity index (χ3n) is 2.93. The Hall–Kier alpha value is -0.730. The van der Waals surface area contributed by atoms with Gasteiger partial charge in [0.2, 0.25) is 0 Å². The number of halogens is 1. The van der Waals surface area contributed by atoms with Crippen LogP contribution < -0.4 is 10.1 Å². The quantitative estimate of drug-likeness (QED) is 0.836. The second-order valence-corrected chi connectivity index (χ2v) is 4.60. The van der Waals surface area contributed by atoms with E-state index in [1.54, 1.807) is 7.11 Å². The lowest BCUT2D eigenvalue weighted by molar-refractivity contribution is 0.414. The Kier molecular flexibility index (Phi) is 3.17. The predicted octanol–water partition coefficient (Wildman–Crippen LogP) is 3.02. The van der Waals surface area contributed by atoms with Crippen molar-refractivity contribution in [2.24, 2.45) is 5.92 Å². The SMILES string of the molecule is COc1ccc([C@H]2C[C@H](C)CN2)c(Cl)c1. The zero-order chi connectivity index (χ0) is 10.8. The van der Waals surface area contributed by atoms with Crippen LogP contribution in [0.1, 0.15) is 24.9 Å². The Balaban J connectivity index is 2.21. The van der Waals surface area contributed by atoms with Gasteiger partial charge in [-0.3, -0.25) is 0 Å². The number of hydrogen-bond donors (Lipinski definition) is 1. The molecule has 0 radical (unpaired) electrons. The van der Waals surface area contributed by atoms with Gasteiger partial charge in [-0.25, -0.2) is 0 Å². The highest BCUT2D eigenvalue weighted by molar-refractivity contribution is 6.31. The van der Waals surface area contributed by atoms with E-state index in [-0.39, 0.29) is 0 Å². The predicted molar refractivity (Wildman–Crippen MR) is 62.5 cm³/mol. The number of methoxy groups -OCH3 is 1. The van der Waals surface area contributed by atoms with E-state index in [9.17, 15) is 0 Å². The summed E-state index contributed by atoms with van der Waals surface area (Å²) in [7, 11) is 1.65. The third-order valence-corrected chi connectivity index (χ3v) is 3.26. The van der Waals surface area contributed by atoms with Crippen LogP contribution in [0.3, 0.4) is 0 Å². The fraction of sp³-hybridized carbons (Fsp3) is 0.500. The zero-order valence-electron chi connectivity index (χ0n) is 9.09. The van der Waals surface area contributed by atoms with E-state index in [2.05, 4.69) is 18.3 Å². The largest absolute Gasteiger partial charge is 0.497 e. The van der Waals surface area contributed by atoms with Gasteiger partial charge in [0, 0.05) is 11.1 Å². The van der Waals surface area contributed by atoms with Crippen LogP contribution in [0.15, 0.2) is 18.2 Å². The molecule has 0 aliphatic carbocycles. The molecule has 0 aromatic heterocycles. The van der Waals surface area contributed by atoms with Crippen LogP contribution in [-0.2, 0) is 0 Å². The van der Waals surface area contributed by atoms with Crippen LogP contribution in [0.5, 0.6) is 5.75 Å². The molecule has 1 aromatic rings. The summed E-state index contributed by atoms with van der Waals surface area (Å²) in [5.74, 6) is 1.54. The number of hydrogen-bond acceptors (Lipinski definition) is 2. The van der Waals surface area contributed by atoms with E-state index in [1.807, 2.05) is 12.1 Å². The summed E-state index contributed by atoms with van der Waals surface area (Å²) in [5.41, 5.74) is 1.18. The van der Waals surface area contributed by atoms with Gasteiger partial charge >= 0.3 is 0 Å². The van der Waals surface area contributed by atoms with Gasteiger partial charge in [-0.05, 0) is 36.6 Å². The number of rotatable bonds is 2. The Morgan fingerprint density at radius 2 is 2.27 bits per heavy atom. The van der Waals surface area contributed by atoms with Crippen molar-refractivity contribution in [3.05, 3.63) is 28.8 Å². The summed E-state index contributed by atoms with van der Waals surface area (Å²) in [6, 6.07) is 6.29. The standard InChI is InChI=1S/C12H16ClNO/c1-8-5-12(14-7-8)10-4-3-9(15-2)6-11(10)13/h3-4,6,8,12,14H,5,7H2,1-2H3/t8-,12+/m0/s1. The molecule has 1 N–H and O–H groups in total. The van der Waals surface area contributed by atoms with Crippen molar-refractivity contribution in [3.63, 3.8) is 0 Å². The summed E-state index contributed by atoms with van der Waals surface area (Å²) < 4.78 is 5.13. The van der Waals surface area contributed by atoms with Crippen molar-refractivity contribution in [1.82, 2.24) is 5.32 Å². The molecule has 1 aliphatic rings.